The molecule has 0 aliphatic heterocycles. The Morgan fingerprint density at radius 3 is 2.45 bits per heavy atom. The quantitative estimate of drug-likeness (QED) is 0.734. The van der Waals surface area contributed by atoms with Gasteiger partial charge in [-0.1, -0.05) is 30.3 Å². The molecule has 0 saturated carbocycles. The van der Waals surface area contributed by atoms with Crippen molar-refractivity contribution in [1.82, 2.24) is 15.0 Å². The summed E-state index contributed by atoms with van der Waals surface area (Å²) in [7, 11) is 0. The van der Waals surface area contributed by atoms with E-state index in [1.165, 1.54) is 6.33 Å². The number of benzene rings is 1. The maximum atomic E-state index is 6.04. The highest BCUT2D eigenvalue weighted by atomic mass is 16.5. The summed E-state index contributed by atoms with van der Waals surface area (Å²) in [6, 6.07) is 12.1. The molecule has 0 amide bonds. The minimum absolute atomic E-state index is 0.518. The number of ether oxygens (including phenoxy) is 1. The topological polar surface area (TPSA) is 47.9 Å². The molecule has 1 aromatic carbocycles. The molecule has 0 saturated heterocycles. The highest BCUT2D eigenvalue weighted by Gasteiger charge is 2.13. The van der Waals surface area contributed by atoms with Crippen molar-refractivity contribution in [2.24, 2.45) is 0 Å². The third-order valence-electron chi connectivity index (χ3n) is 3.38. The first-order valence-electron chi connectivity index (χ1n) is 7.14. The SMILES string of the molecule is Cc1cc(OCc2ccccc2)c(-c2cncnc2)c(C)n1. The maximum Gasteiger partial charge on any atom is 0.131 e. The average Bonchev–Trinajstić information content (AvgIpc) is 2.54. The van der Waals surface area contributed by atoms with Crippen LogP contribution in [-0.2, 0) is 6.61 Å². The summed E-state index contributed by atoms with van der Waals surface area (Å²) in [5.74, 6) is 0.809. The van der Waals surface area contributed by atoms with Crippen molar-refractivity contribution < 1.29 is 4.74 Å². The zero-order chi connectivity index (χ0) is 15.4. The van der Waals surface area contributed by atoms with Crippen molar-refractivity contribution in [2.45, 2.75) is 20.5 Å². The lowest BCUT2D eigenvalue weighted by Gasteiger charge is -2.14. The predicted molar refractivity (Wildman–Crippen MR) is 85.5 cm³/mol. The van der Waals surface area contributed by atoms with Crippen LogP contribution in [0.15, 0.2) is 55.1 Å². The molecule has 0 aliphatic carbocycles. The summed E-state index contributed by atoms with van der Waals surface area (Å²) in [5.41, 5.74) is 4.83. The van der Waals surface area contributed by atoms with Crippen molar-refractivity contribution in [3.63, 3.8) is 0 Å². The van der Waals surface area contributed by atoms with Crippen molar-refractivity contribution >= 4 is 0 Å². The molecule has 3 aromatic rings. The van der Waals surface area contributed by atoms with Gasteiger partial charge in [0.15, 0.2) is 0 Å². The number of nitrogens with zero attached hydrogens (tertiary/aromatic N) is 3. The molecule has 3 rings (SSSR count). The average molecular weight is 291 g/mol. The fraction of sp³-hybridized carbons (Fsp3) is 0.167. The van der Waals surface area contributed by atoms with Gasteiger partial charge in [-0.3, -0.25) is 4.98 Å². The van der Waals surface area contributed by atoms with Gasteiger partial charge in [-0.05, 0) is 19.4 Å². The van der Waals surface area contributed by atoms with E-state index in [9.17, 15) is 0 Å². The first-order chi connectivity index (χ1) is 10.7. The summed E-state index contributed by atoms with van der Waals surface area (Å²) in [6.45, 7) is 4.46. The molecular weight excluding hydrogens is 274 g/mol. The van der Waals surface area contributed by atoms with E-state index in [0.717, 1.165) is 33.8 Å². The van der Waals surface area contributed by atoms with Crippen LogP contribution in [0.25, 0.3) is 11.1 Å². The smallest absolute Gasteiger partial charge is 0.131 e. The summed E-state index contributed by atoms with van der Waals surface area (Å²) in [6.07, 6.45) is 5.08. The Morgan fingerprint density at radius 2 is 1.73 bits per heavy atom. The van der Waals surface area contributed by atoms with E-state index < -0.39 is 0 Å². The minimum atomic E-state index is 0.518. The van der Waals surface area contributed by atoms with Crippen molar-refractivity contribution in [2.75, 3.05) is 0 Å². The molecule has 2 aromatic heterocycles. The predicted octanol–water partition coefficient (Wildman–Crippen LogP) is 3.73. The highest BCUT2D eigenvalue weighted by molar-refractivity contribution is 5.71. The molecule has 4 heteroatoms. The summed E-state index contributed by atoms with van der Waals surface area (Å²) in [4.78, 5) is 12.7. The number of pyridine rings is 1. The molecular formula is C18H17N3O. The Balaban J connectivity index is 1.96. The second-order valence-corrected chi connectivity index (χ2v) is 5.12. The molecule has 0 bridgehead atoms. The van der Waals surface area contributed by atoms with E-state index in [0.29, 0.717) is 6.61 Å². The number of hydrogen-bond acceptors (Lipinski definition) is 4. The second kappa shape index (κ2) is 6.35. The van der Waals surface area contributed by atoms with Gasteiger partial charge in [-0.15, -0.1) is 0 Å². The Kier molecular flexibility index (Phi) is 4.10. The van der Waals surface area contributed by atoms with Gasteiger partial charge in [0.2, 0.25) is 0 Å². The van der Waals surface area contributed by atoms with Crippen LogP contribution in [0.1, 0.15) is 17.0 Å². The summed E-state index contributed by atoms with van der Waals surface area (Å²) < 4.78 is 6.04. The van der Waals surface area contributed by atoms with Gasteiger partial charge in [0.05, 0.1) is 0 Å². The Labute approximate surface area is 129 Å². The Morgan fingerprint density at radius 1 is 1.00 bits per heavy atom. The lowest BCUT2D eigenvalue weighted by Crippen LogP contribution is -2.01. The van der Waals surface area contributed by atoms with E-state index >= 15 is 0 Å². The molecule has 4 nitrogen and oxygen atoms in total. The summed E-state index contributed by atoms with van der Waals surface area (Å²) >= 11 is 0. The fourth-order valence-electron chi connectivity index (χ4n) is 2.42. The van der Waals surface area contributed by atoms with Gasteiger partial charge in [-0.2, -0.15) is 0 Å². The number of hydrogen-bond donors (Lipinski definition) is 0. The molecule has 0 fully saturated rings. The van der Waals surface area contributed by atoms with E-state index in [4.69, 9.17) is 4.74 Å². The molecule has 0 aliphatic rings. The number of rotatable bonds is 4. The van der Waals surface area contributed by atoms with E-state index in [-0.39, 0.29) is 0 Å². The first-order valence-corrected chi connectivity index (χ1v) is 7.14. The van der Waals surface area contributed by atoms with Crippen LogP contribution < -0.4 is 4.74 Å². The standard InChI is InChI=1S/C18H17N3O/c1-13-8-17(22-11-15-6-4-3-5-7-15)18(14(2)21-13)16-9-19-12-20-10-16/h3-10,12H,11H2,1-2H3. The highest BCUT2D eigenvalue weighted by Crippen LogP contribution is 2.32. The zero-order valence-corrected chi connectivity index (χ0v) is 12.7. The lowest BCUT2D eigenvalue weighted by molar-refractivity contribution is 0.306. The van der Waals surface area contributed by atoms with Crippen LogP contribution in [0.4, 0.5) is 0 Å². The van der Waals surface area contributed by atoms with Crippen molar-refractivity contribution in [3.05, 3.63) is 72.1 Å². The molecule has 0 atom stereocenters. The third kappa shape index (κ3) is 3.11. The van der Waals surface area contributed by atoms with Gasteiger partial charge in [-0.25, -0.2) is 9.97 Å². The third-order valence-corrected chi connectivity index (χ3v) is 3.38. The molecule has 22 heavy (non-hydrogen) atoms. The van der Waals surface area contributed by atoms with Crippen LogP contribution in [0.5, 0.6) is 5.75 Å². The van der Waals surface area contributed by atoms with Crippen LogP contribution in [0, 0.1) is 13.8 Å². The largest absolute Gasteiger partial charge is 0.488 e. The Bertz CT molecular complexity index is 758. The minimum Gasteiger partial charge on any atom is -0.488 e. The molecule has 2 heterocycles. The summed E-state index contributed by atoms with van der Waals surface area (Å²) in [5, 5.41) is 0. The number of aryl methyl sites for hydroxylation is 2. The zero-order valence-electron chi connectivity index (χ0n) is 12.7. The van der Waals surface area contributed by atoms with Crippen molar-refractivity contribution in [3.8, 4) is 16.9 Å². The lowest BCUT2D eigenvalue weighted by atomic mass is 10.1. The Hall–Kier alpha value is -2.75. The van der Waals surface area contributed by atoms with Gasteiger partial charge < -0.3 is 4.74 Å². The first kappa shape index (κ1) is 14.2. The fourth-order valence-corrected chi connectivity index (χ4v) is 2.42. The number of aromatic nitrogens is 3. The normalized spacial score (nSPS) is 10.5. The van der Waals surface area contributed by atoms with Crippen LogP contribution >= 0.6 is 0 Å². The monoisotopic (exact) mass is 291 g/mol. The van der Waals surface area contributed by atoms with E-state index in [1.807, 2.05) is 50.2 Å². The van der Waals surface area contributed by atoms with E-state index in [2.05, 4.69) is 15.0 Å². The van der Waals surface area contributed by atoms with Crippen molar-refractivity contribution in [1.29, 1.82) is 0 Å². The molecule has 110 valence electrons. The van der Waals surface area contributed by atoms with Gasteiger partial charge in [0.1, 0.15) is 18.7 Å². The van der Waals surface area contributed by atoms with Gasteiger partial charge in [0, 0.05) is 41.0 Å². The van der Waals surface area contributed by atoms with Gasteiger partial charge in [0.25, 0.3) is 0 Å². The van der Waals surface area contributed by atoms with Crippen LogP contribution in [-0.4, -0.2) is 15.0 Å². The van der Waals surface area contributed by atoms with Crippen LogP contribution in [0.2, 0.25) is 0 Å². The van der Waals surface area contributed by atoms with Crippen LogP contribution in [0.3, 0.4) is 0 Å². The van der Waals surface area contributed by atoms with E-state index in [1.54, 1.807) is 12.4 Å². The second-order valence-electron chi connectivity index (χ2n) is 5.12. The molecule has 0 radical (unpaired) electrons. The molecule has 0 N–H and O–H groups in total. The maximum absolute atomic E-state index is 6.04. The molecule has 0 spiro atoms. The molecule has 0 unspecified atom stereocenters. The van der Waals surface area contributed by atoms with Gasteiger partial charge >= 0.3 is 0 Å².